The number of imidazole rings is 1. The molecule has 3 aromatic rings. The second-order valence-electron chi connectivity index (χ2n) is 10.6. The number of ether oxygens (including phenoxy) is 4. The highest BCUT2D eigenvalue weighted by molar-refractivity contribution is 7.51. The number of nitrogen functional groups attached to an aromatic ring is 1. The monoisotopic (exact) mass is 652 g/mol. The van der Waals surface area contributed by atoms with Crippen molar-refractivity contribution in [3.8, 4) is 5.88 Å². The van der Waals surface area contributed by atoms with E-state index >= 15 is 0 Å². The van der Waals surface area contributed by atoms with E-state index in [4.69, 9.17) is 33.7 Å². The number of fused-ring (bicyclic) bond motifs is 1. The summed E-state index contributed by atoms with van der Waals surface area (Å²) in [6, 6.07) is 7.60. The van der Waals surface area contributed by atoms with Crippen molar-refractivity contribution < 1.29 is 52.4 Å². The zero-order valence-corrected chi connectivity index (χ0v) is 26.2. The summed E-state index contributed by atoms with van der Waals surface area (Å²) in [4.78, 5) is 37.3. The van der Waals surface area contributed by atoms with E-state index in [0.717, 1.165) is 7.11 Å². The number of carbonyl (C=O) groups is 2. The van der Waals surface area contributed by atoms with Crippen LogP contribution in [-0.2, 0) is 43.8 Å². The van der Waals surface area contributed by atoms with Gasteiger partial charge in [0.05, 0.1) is 33.3 Å². The number of methoxy groups -OCH3 is 2. The standard InChI is InChI=1S/C27H37N6O11P/c1-15(2)43-19(34)13-42-45(38,32-17(24(36)40-5)11-16-9-7-6-8-10-16)41-12-18-21(35)27(3,37)25(44-18)33-14-29-20-22(33)30-26(28)31-23(20)39-4/h6-10,14-15,17-18,21,25,35,37H,11-13H2,1-5H3,(H,32,38)(H2,28,30,31)/t17-,18+,21+,25+,27+,45?/m0/s1. The van der Waals surface area contributed by atoms with E-state index in [1.54, 1.807) is 44.2 Å². The molecule has 6 atom stereocenters. The van der Waals surface area contributed by atoms with Crippen LogP contribution in [0.4, 0.5) is 5.95 Å². The lowest BCUT2D eigenvalue weighted by molar-refractivity contribution is -0.150. The van der Waals surface area contributed by atoms with Crippen LogP contribution in [0.5, 0.6) is 5.88 Å². The maximum Gasteiger partial charge on any atom is 0.406 e. The Labute approximate surface area is 258 Å². The van der Waals surface area contributed by atoms with Crippen molar-refractivity contribution in [2.24, 2.45) is 0 Å². The molecule has 0 bridgehead atoms. The normalized spacial score (nSPS) is 23.5. The number of rotatable bonds is 14. The van der Waals surface area contributed by atoms with Gasteiger partial charge in [-0.15, -0.1) is 0 Å². The number of nitrogens with one attached hydrogen (secondary N) is 1. The second kappa shape index (κ2) is 14.2. The number of hydrogen-bond acceptors (Lipinski definition) is 15. The number of benzene rings is 1. The van der Waals surface area contributed by atoms with Gasteiger partial charge in [0, 0.05) is 0 Å². The molecule has 1 unspecified atom stereocenters. The van der Waals surface area contributed by atoms with Crippen molar-refractivity contribution in [3.05, 3.63) is 42.2 Å². The summed E-state index contributed by atoms with van der Waals surface area (Å²) in [7, 11) is -1.99. The topological polar surface area (TPSA) is 229 Å². The third-order valence-corrected chi connectivity index (χ3v) is 8.40. The molecule has 3 heterocycles. The summed E-state index contributed by atoms with van der Waals surface area (Å²) in [6.45, 7) is 3.16. The van der Waals surface area contributed by atoms with E-state index in [1.165, 1.54) is 24.9 Å². The maximum absolute atomic E-state index is 14.0. The molecular formula is C27H37N6O11P. The molecule has 246 valence electrons. The van der Waals surface area contributed by atoms with Crippen LogP contribution >= 0.6 is 7.75 Å². The smallest absolute Gasteiger partial charge is 0.406 e. The van der Waals surface area contributed by atoms with Crippen LogP contribution in [0.15, 0.2) is 36.7 Å². The third-order valence-electron chi connectivity index (χ3n) is 6.82. The Hall–Kier alpha value is -3.70. The lowest BCUT2D eigenvalue weighted by Crippen LogP contribution is -2.44. The van der Waals surface area contributed by atoms with Gasteiger partial charge in [0.1, 0.15) is 23.9 Å². The first kappa shape index (κ1) is 34.2. The summed E-state index contributed by atoms with van der Waals surface area (Å²) >= 11 is 0. The van der Waals surface area contributed by atoms with E-state index < -0.39 is 69.1 Å². The van der Waals surface area contributed by atoms with Crippen molar-refractivity contribution in [1.82, 2.24) is 24.6 Å². The largest absolute Gasteiger partial charge is 0.479 e. The molecule has 1 saturated heterocycles. The second-order valence-corrected chi connectivity index (χ2v) is 12.4. The first-order chi connectivity index (χ1) is 21.3. The lowest BCUT2D eigenvalue weighted by atomic mass is 9.96. The van der Waals surface area contributed by atoms with Gasteiger partial charge in [-0.1, -0.05) is 30.3 Å². The van der Waals surface area contributed by atoms with Crippen LogP contribution in [0.3, 0.4) is 0 Å². The van der Waals surface area contributed by atoms with Gasteiger partial charge >= 0.3 is 19.7 Å². The molecule has 0 spiro atoms. The minimum Gasteiger partial charge on any atom is -0.479 e. The highest BCUT2D eigenvalue weighted by Gasteiger charge is 2.54. The first-order valence-electron chi connectivity index (χ1n) is 13.9. The molecule has 1 fully saturated rings. The van der Waals surface area contributed by atoms with Crippen LogP contribution in [-0.4, -0.2) is 99.1 Å². The minimum atomic E-state index is -4.53. The molecule has 0 radical (unpaired) electrons. The van der Waals surface area contributed by atoms with Crippen molar-refractivity contribution in [2.75, 3.05) is 33.2 Å². The van der Waals surface area contributed by atoms with Crippen LogP contribution in [0, 0.1) is 0 Å². The lowest BCUT2D eigenvalue weighted by Gasteiger charge is -2.27. The van der Waals surface area contributed by atoms with Crippen LogP contribution in [0.1, 0.15) is 32.6 Å². The molecule has 18 heteroatoms. The van der Waals surface area contributed by atoms with Gasteiger partial charge in [-0.3, -0.25) is 18.4 Å². The predicted molar refractivity (Wildman–Crippen MR) is 157 cm³/mol. The zero-order valence-electron chi connectivity index (χ0n) is 25.4. The summed E-state index contributed by atoms with van der Waals surface area (Å²) in [5.74, 6) is -1.66. The molecule has 4 rings (SSSR count). The molecule has 45 heavy (non-hydrogen) atoms. The highest BCUT2D eigenvalue weighted by Crippen LogP contribution is 2.47. The van der Waals surface area contributed by atoms with E-state index in [2.05, 4.69) is 20.0 Å². The van der Waals surface area contributed by atoms with Gasteiger partial charge in [0.2, 0.25) is 11.8 Å². The molecule has 5 N–H and O–H groups in total. The fourth-order valence-electron chi connectivity index (χ4n) is 4.68. The minimum absolute atomic E-state index is 0.0299. The molecule has 1 aliphatic rings. The van der Waals surface area contributed by atoms with Gasteiger partial charge in [0.15, 0.2) is 24.0 Å². The Morgan fingerprint density at radius 3 is 2.56 bits per heavy atom. The fraction of sp³-hybridized carbons (Fsp3) is 0.519. The van der Waals surface area contributed by atoms with Gasteiger partial charge in [-0.05, 0) is 32.8 Å². The van der Waals surface area contributed by atoms with Crippen LogP contribution in [0.25, 0.3) is 11.2 Å². The Kier molecular flexibility index (Phi) is 10.8. The average Bonchev–Trinajstić information content (AvgIpc) is 3.51. The van der Waals surface area contributed by atoms with E-state index in [-0.39, 0.29) is 29.4 Å². The Morgan fingerprint density at radius 1 is 1.20 bits per heavy atom. The van der Waals surface area contributed by atoms with Crippen molar-refractivity contribution in [2.45, 2.75) is 63.4 Å². The molecule has 0 saturated carbocycles. The number of nitrogens with two attached hydrogens (primary N) is 1. The zero-order chi connectivity index (χ0) is 32.9. The molecule has 1 aliphatic heterocycles. The van der Waals surface area contributed by atoms with Gasteiger partial charge in [-0.25, -0.2) is 19.4 Å². The van der Waals surface area contributed by atoms with Crippen LogP contribution in [0.2, 0.25) is 0 Å². The molecule has 0 amide bonds. The summed E-state index contributed by atoms with van der Waals surface area (Å²) in [5.41, 5.74) is 4.94. The Morgan fingerprint density at radius 2 is 1.91 bits per heavy atom. The number of aliphatic hydroxyl groups is 2. The molecule has 0 aliphatic carbocycles. The Balaban J connectivity index is 1.57. The maximum atomic E-state index is 14.0. The average molecular weight is 653 g/mol. The SMILES string of the molecule is COC(=O)[C@H](Cc1ccccc1)NP(=O)(OCC(=O)OC(C)C)OC[C@H]1O[C@@H](n2cnc3c(OC)nc(N)nc32)[C@](C)(O)[C@@H]1O. The molecular weight excluding hydrogens is 615 g/mol. The predicted octanol–water partition coefficient (Wildman–Crippen LogP) is 0.893. The quantitative estimate of drug-likeness (QED) is 0.140. The fourth-order valence-corrected chi connectivity index (χ4v) is 6.10. The molecule has 17 nitrogen and oxygen atoms in total. The van der Waals surface area contributed by atoms with Crippen LogP contribution < -0.4 is 15.6 Å². The number of esters is 2. The number of carbonyl (C=O) groups excluding carboxylic acids is 2. The van der Waals surface area contributed by atoms with E-state index in [0.29, 0.717) is 5.56 Å². The molecule has 1 aromatic carbocycles. The Bertz CT molecular complexity index is 1540. The highest BCUT2D eigenvalue weighted by atomic mass is 31.2. The number of aliphatic hydroxyl groups excluding tert-OH is 1. The summed E-state index contributed by atoms with van der Waals surface area (Å²) < 4.78 is 47.5. The number of hydrogen-bond donors (Lipinski definition) is 4. The van der Waals surface area contributed by atoms with Crippen molar-refractivity contribution >= 4 is 36.8 Å². The number of nitrogens with zero attached hydrogens (tertiary/aromatic N) is 4. The number of aromatic nitrogens is 4. The van der Waals surface area contributed by atoms with Crippen molar-refractivity contribution in [3.63, 3.8) is 0 Å². The van der Waals surface area contributed by atoms with E-state index in [9.17, 15) is 24.4 Å². The van der Waals surface area contributed by atoms with Gasteiger partial charge in [-0.2, -0.15) is 9.97 Å². The first-order valence-corrected chi connectivity index (χ1v) is 15.4. The third kappa shape index (κ3) is 7.94. The number of anilines is 1. The van der Waals surface area contributed by atoms with Gasteiger partial charge in [0.25, 0.3) is 0 Å². The molecule has 2 aromatic heterocycles. The summed E-state index contributed by atoms with van der Waals surface area (Å²) in [6.07, 6.45) is -3.31. The van der Waals surface area contributed by atoms with E-state index in [1.807, 2.05) is 0 Å². The van der Waals surface area contributed by atoms with Gasteiger partial charge < -0.3 is 34.9 Å². The summed E-state index contributed by atoms with van der Waals surface area (Å²) in [5, 5.41) is 24.9. The van der Waals surface area contributed by atoms with Crippen molar-refractivity contribution in [1.29, 1.82) is 0 Å².